The van der Waals surface area contributed by atoms with Crippen LogP contribution in [0.1, 0.15) is 35.0 Å². The molecule has 0 radical (unpaired) electrons. The summed E-state index contributed by atoms with van der Waals surface area (Å²) in [6.07, 6.45) is 2.26. The van der Waals surface area contributed by atoms with Crippen molar-refractivity contribution in [2.75, 3.05) is 32.8 Å². The zero-order valence-electron chi connectivity index (χ0n) is 16.7. The van der Waals surface area contributed by atoms with Gasteiger partial charge in [-0.25, -0.2) is 0 Å². The molecule has 0 aliphatic heterocycles. The molecule has 1 heterocycles. The first kappa shape index (κ1) is 21.5. The van der Waals surface area contributed by atoms with Gasteiger partial charge in [0.05, 0.1) is 19.5 Å². The number of hydrogen-bond donors (Lipinski definition) is 3. The predicted molar refractivity (Wildman–Crippen MR) is 110 cm³/mol. The van der Waals surface area contributed by atoms with Gasteiger partial charge in [-0.15, -0.1) is 0 Å². The van der Waals surface area contributed by atoms with Crippen LogP contribution in [-0.2, 0) is 11.3 Å². The number of carbonyl (C=O) groups is 1. The summed E-state index contributed by atoms with van der Waals surface area (Å²) in [5, 5.41) is 9.29. The monoisotopic (exact) mass is 386 g/mol. The number of benzene rings is 1. The SMILES string of the molecule is CCNC(=NCCCNC(=O)c1occc1C)NCCOCc1ccccc1. The van der Waals surface area contributed by atoms with Crippen LogP contribution in [0, 0.1) is 6.92 Å². The second-order valence-electron chi connectivity index (χ2n) is 6.27. The maximum Gasteiger partial charge on any atom is 0.287 e. The van der Waals surface area contributed by atoms with Crippen molar-refractivity contribution in [1.82, 2.24) is 16.0 Å². The molecule has 0 saturated heterocycles. The number of hydrogen-bond acceptors (Lipinski definition) is 4. The number of nitrogens with zero attached hydrogens (tertiary/aromatic N) is 1. The molecular formula is C21H30N4O3. The fraction of sp³-hybridized carbons (Fsp3) is 0.429. The summed E-state index contributed by atoms with van der Waals surface area (Å²) < 4.78 is 10.8. The van der Waals surface area contributed by atoms with E-state index >= 15 is 0 Å². The fourth-order valence-corrected chi connectivity index (χ4v) is 2.51. The van der Waals surface area contributed by atoms with Crippen molar-refractivity contribution in [3.05, 3.63) is 59.5 Å². The highest BCUT2D eigenvalue weighted by molar-refractivity contribution is 5.92. The number of furan rings is 1. The Morgan fingerprint density at radius 1 is 1.11 bits per heavy atom. The third-order valence-electron chi connectivity index (χ3n) is 3.95. The van der Waals surface area contributed by atoms with Gasteiger partial charge in [0.1, 0.15) is 0 Å². The Morgan fingerprint density at radius 3 is 2.64 bits per heavy atom. The van der Waals surface area contributed by atoms with Crippen LogP contribution in [0.25, 0.3) is 0 Å². The Bertz CT molecular complexity index is 728. The Hall–Kier alpha value is -2.80. The van der Waals surface area contributed by atoms with Gasteiger partial charge < -0.3 is 25.1 Å². The van der Waals surface area contributed by atoms with Crippen LogP contribution < -0.4 is 16.0 Å². The highest BCUT2D eigenvalue weighted by Crippen LogP contribution is 2.07. The molecule has 0 saturated carbocycles. The number of aliphatic imine (C=N–C) groups is 1. The minimum atomic E-state index is -0.188. The average molecular weight is 386 g/mol. The molecule has 152 valence electrons. The van der Waals surface area contributed by atoms with Crippen LogP contribution in [0.4, 0.5) is 0 Å². The molecule has 2 rings (SSSR count). The van der Waals surface area contributed by atoms with Gasteiger partial charge in [-0.2, -0.15) is 0 Å². The normalized spacial score (nSPS) is 11.3. The summed E-state index contributed by atoms with van der Waals surface area (Å²) in [4.78, 5) is 16.5. The third-order valence-corrected chi connectivity index (χ3v) is 3.95. The number of rotatable bonds is 11. The van der Waals surface area contributed by atoms with Crippen molar-refractivity contribution in [2.24, 2.45) is 4.99 Å². The molecule has 2 aromatic rings. The number of guanidine groups is 1. The van der Waals surface area contributed by atoms with Crippen LogP contribution in [0.3, 0.4) is 0 Å². The van der Waals surface area contributed by atoms with Gasteiger partial charge in [0, 0.05) is 31.7 Å². The van der Waals surface area contributed by atoms with E-state index in [-0.39, 0.29) is 5.91 Å². The summed E-state index contributed by atoms with van der Waals surface area (Å²) in [6.45, 7) is 7.68. The zero-order valence-corrected chi connectivity index (χ0v) is 16.7. The summed E-state index contributed by atoms with van der Waals surface area (Å²) in [7, 11) is 0. The molecule has 0 fully saturated rings. The molecule has 0 bridgehead atoms. The lowest BCUT2D eigenvalue weighted by atomic mass is 10.2. The Balaban J connectivity index is 1.60. The van der Waals surface area contributed by atoms with E-state index in [1.54, 1.807) is 6.07 Å². The second kappa shape index (κ2) is 12.6. The van der Waals surface area contributed by atoms with Gasteiger partial charge in [-0.3, -0.25) is 9.79 Å². The average Bonchev–Trinajstić information content (AvgIpc) is 3.14. The molecule has 0 unspecified atom stereocenters. The number of aryl methyl sites for hydroxylation is 1. The van der Waals surface area contributed by atoms with E-state index in [4.69, 9.17) is 9.15 Å². The Morgan fingerprint density at radius 2 is 1.93 bits per heavy atom. The van der Waals surface area contributed by atoms with Crippen molar-refractivity contribution < 1.29 is 13.9 Å². The highest BCUT2D eigenvalue weighted by atomic mass is 16.5. The maximum atomic E-state index is 12.0. The molecule has 3 N–H and O–H groups in total. The lowest BCUT2D eigenvalue weighted by molar-refractivity contribution is 0.0925. The first-order valence-corrected chi connectivity index (χ1v) is 9.67. The molecule has 28 heavy (non-hydrogen) atoms. The lowest BCUT2D eigenvalue weighted by Crippen LogP contribution is -2.39. The van der Waals surface area contributed by atoms with E-state index in [2.05, 4.69) is 20.9 Å². The standard InChI is InChI=1S/C21H30N4O3/c1-3-22-21(25-13-15-27-16-18-8-5-4-6-9-18)24-12-7-11-23-20(26)19-17(2)10-14-28-19/h4-6,8-10,14H,3,7,11-13,15-16H2,1-2H3,(H,23,26)(H2,22,24,25). The van der Waals surface area contributed by atoms with Crippen LogP contribution in [-0.4, -0.2) is 44.7 Å². The first-order chi connectivity index (χ1) is 13.7. The molecular weight excluding hydrogens is 356 g/mol. The number of carbonyl (C=O) groups excluding carboxylic acids is 1. The van der Waals surface area contributed by atoms with Gasteiger partial charge in [0.15, 0.2) is 11.7 Å². The van der Waals surface area contributed by atoms with E-state index < -0.39 is 0 Å². The predicted octanol–water partition coefficient (Wildman–Crippen LogP) is 2.48. The topological polar surface area (TPSA) is 87.9 Å². The van der Waals surface area contributed by atoms with E-state index in [0.29, 0.717) is 38.6 Å². The first-order valence-electron chi connectivity index (χ1n) is 9.67. The third kappa shape index (κ3) is 7.84. The summed E-state index contributed by atoms with van der Waals surface area (Å²) >= 11 is 0. The van der Waals surface area contributed by atoms with Crippen molar-refractivity contribution in [3.63, 3.8) is 0 Å². The molecule has 0 aliphatic carbocycles. The molecule has 1 aromatic carbocycles. The van der Waals surface area contributed by atoms with E-state index in [9.17, 15) is 4.79 Å². The number of amides is 1. The van der Waals surface area contributed by atoms with Gasteiger partial charge in [-0.1, -0.05) is 30.3 Å². The molecule has 1 aromatic heterocycles. The van der Waals surface area contributed by atoms with E-state index in [1.807, 2.05) is 44.2 Å². The quantitative estimate of drug-likeness (QED) is 0.314. The summed E-state index contributed by atoms with van der Waals surface area (Å²) in [5.74, 6) is 0.931. The largest absolute Gasteiger partial charge is 0.459 e. The summed E-state index contributed by atoms with van der Waals surface area (Å²) in [5.41, 5.74) is 2.00. The van der Waals surface area contributed by atoms with Crippen LogP contribution >= 0.6 is 0 Å². The number of nitrogens with one attached hydrogen (secondary N) is 3. The molecule has 0 spiro atoms. The van der Waals surface area contributed by atoms with Crippen LogP contribution in [0.2, 0.25) is 0 Å². The second-order valence-corrected chi connectivity index (χ2v) is 6.27. The van der Waals surface area contributed by atoms with Gasteiger partial charge >= 0.3 is 0 Å². The molecule has 1 amide bonds. The van der Waals surface area contributed by atoms with Crippen molar-refractivity contribution >= 4 is 11.9 Å². The Kier molecular flexibility index (Phi) is 9.65. The van der Waals surface area contributed by atoms with E-state index in [0.717, 1.165) is 30.1 Å². The van der Waals surface area contributed by atoms with E-state index in [1.165, 1.54) is 6.26 Å². The fourth-order valence-electron chi connectivity index (χ4n) is 2.51. The molecule has 7 nitrogen and oxygen atoms in total. The molecule has 0 aliphatic rings. The lowest BCUT2D eigenvalue weighted by Gasteiger charge is -2.11. The van der Waals surface area contributed by atoms with Gasteiger partial charge in [0.2, 0.25) is 0 Å². The van der Waals surface area contributed by atoms with Gasteiger partial charge in [0.25, 0.3) is 5.91 Å². The van der Waals surface area contributed by atoms with Crippen LogP contribution in [0.5, 0.6) is 0 Å². The minimum absolute atomic E-state index is 0.188. The van der Waals surface area contributed by atoms with Crippen molar-refractivity contribution in [1.29, 1.82) is 0 Å². The molecule has 7 heteroatoms. The minimum Gasteiger partial charge on any atom is -0.459 e. The van der Waals surface area contributed by atoms with Crippen molar-refractivity contribution in [2.45, 2.75) is 26.9 Å². The highest BCUT2D eigenvalue weighted by Gasteiger charge is 2.11. The zero-order chi connectivity index (χ0) is 20.0. The summed E-state index contributed by atoms with van der Waals surface area (Å²) in [6, 6.07) is 11.9. The number of ether oxygens (including phenoxy) is 1. The van der Waals surface area contributed by atoms with Crippen LogP contribution in [0.15, 0.2) is 52.1 Å². The van der Waals surface area contributed by atoms with Crippen molar-refractivity contribution in [3.8, 4) is 0 Å². The van der Waals surface area contributed by atoms with Gasteiger partial charge in [-0.05, 0) is 31.9 Å². The maximum absolute atomic E-state index is 12.0. The molecule has 0 atom stereocenters. The Labute approximate surface area is 166 Å². The smallest absolute Gasteiger partial charge is 0.287 e.